The number of nitrogens with one attached hydrogen (secondary N) is 2. The summed E-state index contributed by atoms with van der Waals surface area (Å²) in [5.74, 6) is -2.00. The molecule has 29 heavy (non-hydrogen) atoms. The molecule has 0 saturated carbocycles. The molecule has 9 nitrogen and oxygen atoms in total. The van der Waals surface area contributed by atoms with Gasteiger partial charge in [-0.05, 0) is 39.0 Å². The first-order valence-corrected chi connectivity index (χ1v) is 8.80. The summed E-state index contributed by atoms with van der Waals surface area (Å²) in [7, 11) is 0. The van der Waals surface area contributed by atoms with Gasteiger partial charge in [-0.1, -0.05) is 23.8 Å². The Hall–Kier alpha value is -3.75. The first-order valence-electron chi connectivity index (χ1n) is 8.80. The second-order valence-electron chi connectivity index (χ2n) is 6.44. The van der Waals surface area contributed by atoms with Crippen LogP contribution in [0.15, 0.2) is 48.5 Å². The maximum Gasteiger partial charge on any atom is 0.329 e. The van der Waals surface area contributed by atoms with Gasteiger partial charge in [0.1, 0.15) is 6.04 Å². The van der Waals surface area contributed by atoms with Gasteiger partial charge in [-0.15, -0.1) is 0 Å². The highest BCUT2D eigenvalue weighted by atomic mass is 16.6. The van der Waals surface area contributed by atoms with E-state index >= 15 is 0 Å². The molecular formula is C20H21N3O6. The van der Waals surface area contributed by atoms with Crippen LogP contribution in [0.3, 0.4) is 0 Å². The minimum Gasteiger partial charge on any atom is -0.451 e. The summed E-state index contributed by atoms with van der Waals surface area (Å²) in [6, 6.07) is 11.2. The normalized spacial score (nSPS) is 12.4. The highest BCUT2D eigenvalue weighted by Crippen LogP contribution is 2.13. The average Bonchev–Trinajstić information content (AvgIpc) is 2.69. The Bertz CT molecular complexity index is 926. The molecule has 0 unspecified atom stereocenters. The second kappa shape index (κ2) is 9.45. The summed E-state index contributed by atoms with van der Waals surface area (Å²) in [4.78, 5) is 46.7. The van der Waals surface area contributed by atoms with Crippen LogP contribution in [0.2, 0.25) is 0 Å². The number of nitrogens with zero attached hydrogens (tertiary/aromatic N) is 1. The number of benzene rings is 2. The largest absolute Gasteiger partial charge is 0.451 e. The molecule has 2 aromatic carbocycles. The summed E-state index contributed by atoms with van der Waals surface area (Å²) >= 11 is 0. The second-order valence-corrected chi connectivity index (χ2v) is 6.44. The predicted octanol–water partition coefficient (Wildman–Crippen LogP) is 2.59. The Balaban J connectivity index is 1.91. The van der Waals surface area contributed by atoms with Gasteiger partial charge in [0.15, 0.2) is 6.10 Å². The number of ether oxygens (including phenoxy) is 1. The number of anilines is 1. The SMILES string of the molecule is Cc1ccc(NC(=O)[C@H](C)OC(=O)[C@H](C)NC(=O)c2cccc([N+](=O)[O-])c2)cc1. The molecule has 2 amide bonds. The lowest BCUT2D eigenvalue weighted by molar-refractivity contribution is -0.384. The first-order chi connectivity index (χ1) is 13.7. The summed E-state index contributed by atoms with van der Waals surface area (Å²) < 4.78 is 5.09. The van der Waals surface area contributed by atoms with Crippen LogP contribution in [0.5, 0.6) is 0 Å². The fourth-order valence-corrected chi connectivity index (χ4v) is 2.31. The number of amides is 2. The van der Waals surface area contributed by atoms with Gasteiger partial charge in [-0.25, -0.2) is 4.79 Å². The predicted molar refractivity (Wildman–Crippen MR) is 105 cm³/mol. The maximum absolute atomic E-state index is 12.2. The van der Waals surface area contributed by atoms with Crippen molar-refractivity contribution in [3.8, 4) is 0 Å². The third kappa shape index (κ3) is 6.13. The van der Waals surface area contributed by atoms with E-state index in [4.69, 9.17) is 4.74 Å². The molecule has 0 saturated heterocycles. The van der Waals surface area contributed by atoms with Crippen LogP contribution in [0.4, 0.5) is 11.4 Å². The van der Waals surface area contributed by atoms with Gasteiger partial charge >= 0.3 is 5.97 Å². The molecule has 0 fully saturated rings. The van der Waals surface area contributed by atoms with Crippen molar-refractivity contribution in [3.05, 3.63) is 69.8 Å². The summed E-state index contributed by atoms with van der Waals surface area (Å²) in [5.41, 5.74) is 1.39. The van der Waals surface area contributed by atoms with Crippen LogP contribution in [0.25, 0.3) is 0 Å². The number of nitro groups is 1. The standard InChI is InChI=1S/C20H21N3O6/c1-12-7-9-16(10-8-12)22-18(24)14(3)29-20(26)13(2)21-19(25)15-5-4-6-17(11-15)23(27)28/h4-11,13-14H,1-3H3,(H,21,25)(H,22,24)/t13-,14-/m0/s1. The van der Waals surface area contributed by atoms with Crippen LogP contribution in [-0.4, -0.2) is 34.9 Å². The van der Waals surface area contributed by atoms with E-state index in [-0.39, 0.29) is 11.3 Å². The molecule has 0 aliphatic heterocycles. The van der Waals surface area contributed by atoms with Crippen molar-refractivity contribution >= 4 is 29.2 Å². The molecular weight excluding hydrogens is 378 g/mol. The van der Waals surface area contributed by atoms with Crippen LogP contribution < -0.4 is 10.6 Å². The molecule has 9 heteroatoms. The zero-order chi connectivity index (χ0) is 21.6. The highest BCUT2D eigenvalue weighted by molar-refractivity contribution is 5.98. The van der Waals surface area contributed by atoms with Gasteiger partial charge in [0.25, 0.3) is 17.5 Å². The molecule has 2 atom stereocenters. The van der Waals surface area contributed by atoms with E-state index < -0.39 is 34.9 Å². The highest BCUT2D eigenvalue weighted by Gasteiger charge is 2.24. The molecule has 0 aromatic heterocycles. The summed E-state index contributed by atoms with van der Waals surface area (Å²) in [6.45, 7) is 4.72. The number of non-ortho nitro benzene ring substituents is 1. The van der Waals surface area contributed by atoms with Crippen molar-refractivity contribution in [3.63, 3.8) is 0 Å². The molecule has 0 spiro atoms. The minimum absolute atomic E-state index is 0.0315. The van der Waals surface area contributed by atoms with E-state index in [0.29, 0.717) is 5.69 Å². The number of aryl methyl sites for hydroxylation is 1. The molecule has 0 aliphatic carbocycles. The Morgan fingerprint density at radius 2 is 1.72 bits per heavy atom. The lowest BCUT2D eigenvalue weighted by atomic mass is 10.2. The topological polar surface area (TPSA) is 128 Å². The summed E-state index contributed by atoms with van der Waals surface area (Å²) in [5, 5.41) is 15.8. The Labute approximate surface area is 167 Å². The monoisotopic (exact) mass is 399 g/mol. The zero-order valence-electron chi connectivity index (χ0n) is 16.2. The number of esters is 1. The van der Waals surface area contributed by atoms with E-state index in [9.17, 15) is 24.5 Å². The van der Waals surface area contributed by atoms with Gasteiger partial charge in [-0.2, -0.15) is 0 Å². The van der Waals surface area contributed by atoms with Crippen molar-refractivity contribution in [1.29, 1.82) is 0 Å². The first kappa shape index (κ1) is 21.5. The average molecular weight is 399 g/mol. The van der Waals surface area contributed by atoms with Crippen molar-refractivity contribution in [1.82, 2.24) is 5.32 Å². The van der Waals surface area contributed by atoms with Crippen LogP contribution in [0, 0.1) is 17.0 Å². The number of hydrogen-bond acceptors (Lipinski definition) is 6. The van der Waals surface area contributed by atoms with Crippen LogP contribution in [0.1, 0.15) is 29.8 Å². The fraction of sp³-hybridized carbons (Fsp3) is 0.250. The summed E-state index contributed by atoms with van der Waals surface area (Å²) in [6.07, 6.45) is -1.08. The zero-order valence-corrected chi connectivity index (χ0v) is 16.2. The lowest BCUT2D eigenvalue weighted by Crippen LogP contribution is -2.42. The van der Waals surface area contributed by atoms with Crippen molar-refractivity contribution in [2.75, 3.05) is 5.32 Å². The quantitative estimate of drug-likeness (QED) is 0.418. The maximum atomic E-state index is 12.2. The van der Waals surface area contributed by atoms with Gasteiger partial charge in [0, 0.05) is 23.4 Å². The fourth-order valence-electron chi connectivity index (χ4n) is 2.31. The number of hydrogen-bond donors (Lipinski definition) is 2. The molecule has 152 valence electrons. The van der Waals surface area contributed by atoms with E-state index in [1.54, 1.807) is 12.1 Å². The number of rotatable bonds is 7. The minimum atomic E-state index is -1.08. The van der Waals surface area contributed by atoms with E-state index in [1.165, 1.54) is 32.0 Å². The smallest absolute Gasteiger partial charge is 0.329 e. The van der Waals surface area contributed by atoms with Crippen molar-refractivity contribution in [2.24, 2.45) is 0 Å². The van der Waals surface area contributed by atoms with Gasteiger partial charge in [0.05, 0.1) is 4.92 Å². The third-order valence-corrected chi connectivity index (χ3v) is 4.00. The molecule has 0 aliphatic rings. The Morgan fingerprint density at radius 1 is 1.07 bits per heavy atom. The number of nitro benzene ring substituents is 1. The number of carbonyl (C=O) groups is 3. The van der Waals surface area contributed by atoms with Crippen LogP contribution in [-0.2, 0) is 14.3 Å². The molecule has 2 N–H and O–H groups in total. The molecule has 0 heterocycles. The van der Waals surface area contributed by atoms with Gasteiger partial charge in [-0.3, -0.25) is 19.7 Å². The van der Waals surface area contributed by atoms with E-state index in [0.717, 1.165) is 11.6 Å². The van der Waals surface area contributed by atoms with Gasteiger partial charge < -0.3 is 15.4 Å². The van der Waals surface area contributed by atoms with E-state index in [1.807, 2.05) is 19.1 Å². The van der Waals surface area contributed by atoms with Gasteiger partial charge in [0.2, 0.25) is 0 Å². The third-order valence-electron chi connectivity index (χ3n) is 4.00. The van der Waals surface area contributed by atoms with E-state index in [2.05, 4.69) is 10.6 Å². The molecule has 0 radical (unpaired) electrons. The molecule has 2 rings (SSSR count). The van der Waals surface area contributed by atoms with Crippen molar-refractivity contribution in [2.45, 2.75) is 32.9 Å². The lowest BCUT2D eigenvalue weighted by Gasteiger charge is -2.17. The molecule has 2 aromatic rings. The number of carbonyl (C=O) groups excluding carboxylic acids is 3. The Morgan fingerprint density at radius 3 is 2.34 bits per heavy atom. The van der Waals surface area contributed by atoms with Crippen LogP contribution >= 0.6 is 0 Å². The Kier molecular flexibility index (Phi) is 7.02. The van der Waals surface area contributed by atoms with Crippen molar-refractivity contribution < 1.29 is 24.0 Å². The molecule has 0 bridgehead atoms.